The van der Waals surface area contributed by atoms with Gasteiger partial charge in [0.2, 0.25) is 4.80 Å². The molecule has 6 heteroatoms. The third-order valence-electron chi connectivity index (χ3n) is 2.60. The van der Waals surface area contributed by atoms with Crippen molar-refractivity contribution in [1.82, 2.24) is 4.68 Å². The van der Waals surface area contributed by atoms with Crippen LogP contribution in [0.15, 0.2) is 61.1 Å². The molecule has 3 aromatic heterocycles. The summed E-state index contributed by atoms with van der Waals surface area (Å²) in [4.78, 5) is 5.25. The van der Waals surface area contributed by atoms with Crippen LogP contribution in [-0.4, -0.2) is 17.4 Å². The minimum Gasteiger partial charge on any atom is -0.463 e. The molecule has 0 aliphatic carbocycles. The summed E-state index contributed by atoms with van der Waals surface area (Å²) >= 11 is 1.53. The molecule has 0 spiro atoms. The van der Waals surface area contributed by atoms with Crippen molar-refractivity contribution in [2.45, 2.75) is 6.92 Å². The van der Waals surface area contributed by atoms with Crippen LogP contribution < -0.4 is 4.80 Å². The van der Waals surface area contributed by atoms with Crippen molar-refractivity contribution in [1.29, 1.82) is 0 Å². The van der Waals surface area contributed by atoms with E-state index in [4.69, 9.17) is 8.83 Å². The Bertz CT molecular complexity index is 749. The van der Waals surface area contributed by atoms with Crippen molar-refractivity contribution in [2.24, 2.45) is 10.1 Å². The highest BCUT2D eigenvalue weighted by Gasteiger charge is 2.09. The first kappa shape index (κ1) is 12.7. The summed E-state index contributed by atoms with van der Waals surface area (Å²) in [6, 6.07) is 7.42. The second-order valence-corrected chi connectivity index (χ2v) is 4.76. The van der Waals surface area contributed by atoms with Gasteiger partial charge < -0.3 is 8.83 Å². The Labute approximate surface area is 119 Å². The zero-order valence-electron chi connectivity index (χ0n) is 10.9. The minimum absolute atomic E-state index is 0.691. The van der Waals surface area contributed by atoms with Gasteiger partial charge >= 0.3 is 0 Å². The van der Waals surface area contributed by atoms with Gasteiger partial charge in [0.25, 0.3) is 0 Å². The lowest BCUT2D eigenvalue weighted by molar-refractivity contribution is 0.558. The van der Waals surface area contributed by atoms with Gasteiger partial charge in [-0.2, -0.15) is 5.10 Å². The molecule has 5 nitrogen and oxygen atoms in total. The fourth-order valence-corrected chi connectivity index (χ4v) is 2.61. The molecule has 0 radical (unpaired) electrons. The topological polar surface area (TPSA) is 55.9 Å². The van der Waals surface area contributed by atoms with E-state index in [1.165, 1.54) is 11.3 Å². The molecule has 0 aromatic carbocycles. The fraction of sp³-hybridized carbons (Fsp3) is 0.143. The highest BCUT2D eigenvalue weighted by Crippen LogP contribution is 2.20. The molecule has 0 aliphatic rings. The molecule has 102 valence electrons. The molecule has 3 heterocycles. The van der Waals surface area contributed by atoms with Crippen molar-refractivity contribution < 1.29 is 8.83 Å². The molecular weight excluding hydrogens is 274 g/mol. The molecule has 3 rings (SSSR count). The molecule has 0 atom stereocenters. The number of thiazole rings is 1. The summed E-state index contributed by atoms with van der Waals surface area (Å²) in [6.45, 7) is 2.70. The molecule has 3 aromatic rings. The summed E-state index contributed by atoms with van der Waals surface area (Å²) in [6.07, 6.45) is 4.92. The predicted molar refractivity (Wildman–Crippen MR) is 77.8 cm³/mol. The van der Waals surface area contributed by atoms with E-state index in [2.05, 4.69) is 10.1 Å². The standard InChI is InChI=1S/C14H13N3O2S/c1-2-15-14-17(16-9-11-5-3-7-18-11)12(10-20-14)13-6-4-8-19-13/h3-10H,2H2,1H3. The first-order valence-electron chi connectivity index (χ1n) is 6.21. The molecule has 0 unspecified atom stereocenters. The number of aromatic nitrogens is 1. The average Bonchev–Trinajstić information content (AvgIpc) is 3.19. The van der Waals surface area contributed by atoms with Gasteiger partial charge in [-0.05, 0) is 31.2 Å². The SMILES string of the molecule is CCN=c1scc(-c2ccco2)n1N=Cc1ccco1. The van der Waals surface area contributed by atoms with E-state index in [1.807, 2.05) is 36.6 Å². The molecule has 0 aliphatic heterocycles. The Hall–Kier alpha value is -2.34. The lowest BCUT2D eigenvalue weighted by atomic mass is 10.4. The number of rotatable bonds is 4. The van der Waals surface area contributed by atoms with Crippen molar-refractivity contribution in [2.75, 3.05) is 6.54 Å². The molecule has 20 heavy (non-hydrogen) atoms. The van der Waals surface area contributed by atoms with Gasteiger partial charge in [-0.3, -0.25) is 4.99 Å². The Morgan fingerprint density at radius 2 is 2.10 bits per heavy atom. The van der Waals surface area contributed by atoms with E-state index < -0.39 is 0 Å². The Kier molecular flexibility index (Phi) is 3.64. The first-order valence-corrected chi connectivity index (χ1v) is 7.09. The lowest BCUT2D eigenvalue weighted by Crippen LogP contribution is -2.12. The van der Waals surface area contributed by atoms with Crippen molar-refractivity contribution in [3.8, 4) is 11.5 Å². The van der Waals surface area contributed by atoms with Crippen LogP contribution in [0.2, 0.25) is 0 Å². The van der Waals surface area contributed by atoms with E-state index in [0.29, 0.717) is 12.3 Å². The van der Waals surface area contributed by atoms with Crippen LogP contribution in [-0.2, 0) is 0 Å². The lowest BCUT2D eigenvalue weighted by Gasteiger charge is -1.99. The van der Waals surface area contributed by atoms with E-state index in [9.17, 15) is 0 Å². The Morgan fingerprint density at radius 1 is 1.25 bits per heavy atom. The molecule has 0 saturated heterocycles. The minimum atomic E-state index is 0.691. The van der Waals surface area contributed by atoms with E-state index in [0.717, 1.165) is 16.3 Å². The second kappa shape index (κ2) is 5.75. The zero-order valence-corrected chi connectivity index (χ0v) is 11.7. The normalized spacial score (nSPS) is 12.6. The van der Waals surface area contributed by atoms with Crippen molar-refractivity contribution in [3.63, 3.8) is 0 Å². The van der Waals surface area contributed by atoms with Crippen LogP contribution in [0.1, 0.15) is 12.7 Å². The summed E-state index contributed by atoms with van der Waals surface area (Å²) in [5.74, 6) is 1.45. The molecular formula is C14H13N3O2S. The van der Waals surface area contributed by atoms with E-state index in [-0.39, 0.29) is 0 Å². The van der Waals surface area contributed by atoms with Gasteiger partial charge in [-0.15, -0.1) is 11.3 Å². The molecule has 0 bridgehead atoms. The highest BCUT2D eigenvalue weighted by molar-refractivity contribution is 7.07. The third kappa shape index (κ3) is 2.50. The number of furan rings is 2. The van der Waals surface area contributed by atoms with E-state index in [1.54, 1.807) is 23.4 Å². The van der Waals surface area contributed by atoms with Crippen molar-refractivity contribution in [3.05, 3.63) is 52.7 Å². The van der Waals surface area contributed by atoms with Crippen LogP contribution in [0.3, 0.4) is 0 Å². The predicted octanol–water partition coefficient (Wildman–Crippen LogP) is 3.21. The number of hydrogen-bond acceptors (Lipinski definition) is 5. The van der Waals surface area contributed by atoms with Crippen molar-refractivity contribution >= 4 is 17.6 Å². The molecule has 0 saturated carbocycles. The quantitative estimate of drug-likeness (QED) is 0.692. The maximum atomic E-state index is 5.44. The van der Waals surface area contributed by atoms with Gasteiger partial charge in [-0.1, -0.05) is 0 Å². The monoisotopic (exact) mass is 287 g/mol. The second-order valence-electron chi connectivity index (χ2n) is 3.93. The van der Waals surface area contributed by atoms with Gasteiger partial charge in [0.05, 0.1) is 18.7 Å². The van der Waals surface area contributed by atoms with Gasteiger partial charge in [-0.25, -0.2) is 4.68 Å². The summed E-state index contributed by atoms with van der Waals surface area (Å²) in [5, 5.41) is 6.42. The van der Waals surface area contributed by atoms with Crippen LogP contribution in [0.4, 0.5) is 0 Å². The highest BCUT2D eigenvalue weighted by atomic mass is 32.1. The van der Waals surface area contributed by atoms with E-state index >= 15 is 0 Å². The van der Waals surface area contributed by atoms with Gasteiger partial charge in [0, 0.05) is 11.9 Å². The fourth-order valence-electron chi connectivity index (χ4n) is 1.73. The number of hydrogen-bond donors (Lipinski definition) is 0. The maximum Gasteiger partial charge on any atom is 0.206 e. The summed E-state index contributed by atoms with van der Waals surface area (Å²) < 4.78 is 12.4. The Balaban J connectivity index is 2.07. The number of nitrogens with zero attached hydrogens (tertiary/aromatic N) is 3. The van der Waals surface area contributed by atoms with Crippen LogP contribution >= 0.6 is 11.3 Å². The Morgan fingerprint density at radius 3 is 2.80 bits per heavy atom. The average molecular weight is 287 g/mol. The molecule has 0 amide bonds. The molecule has 0 fully saturated rings. The van der Waals surface area contributed by atoms with Crippen LogP contribution in [0, 0.1) is 0 Å². The first-order chi connectivity index (χ1) is 9.88. The maximum absolute atomic E-state index is 5.44. The zero-order chi connectivity index (χ0) is 13.8. The smallest absolute Gasteiger partial charge is 0.206 e. The van der Waals surface area contributed by atoms with Gasteiger partial charge in [0.1, 0.15) is 11.5 Å². The third-order valence-corrected chi connectivity index (χ3v) is 3.45. The van der Waals surface area contributed by atoms with Crippen LogP contribution in [0.5, 0.6) is 0 Å². The summed E-state index contributed by atoms with van der Waals surface area (Å²) in [7, 11) is 0. The van der Waals surface area contributed by atoms with Gasteiger partial charge in [0.15, 0.2) is 5.76 Å². The molecule has 0 N–H and O–H groups in total. The summed E-state index contributed by atoms with van der Waals surface area (Å²) in [5.41, 5.74) is 0.870. The van der Waals surface area contributed by atoms with Crippen LogP contribution in [0.25, 0.3) is 11.5 Å². The largest absolute Gasteiger partial charge is 0.463 e.